The van der Waals surface area contributed by atoms with Crippen molar-refractivity contribution in [2.75, 3.05) is 31.5 Å². The van der Waals surface area contributed by atoms with Crippen molar-refractivity contribution < 1.29 is 28.4 Å². The number of nitro benzene ring substituents is 1. The van der Waals surface area contributed by atoms with E-state index in [0.29, 0.717) is 49.7 Å². The molecule has 15 heteroatoms. The maximum atomic E-state index is 14.9. The Morgan fingerprint density at radius 1 is 0.980 bits per heavy atom. The summed E-state index contributed by atoms with van der Waals surface area (Å²) in [5.41, 5.74) is 2.75. The van der Waals surface area contributed by atoms with Gasteiger partial charge in [0, 0.05) is 81.1 Å². The molecule has 2 N–H and O–H groups in total. The molecule has 1 saturated carbocycles. The Hall–Kier alpha value is -5.67. The Kier molecular flexibility index (Phi) is 9.00. The summed E-state index contributed by atoms with van der Waals surface area (Å²) in [5.74, 6) is 0.137. The van der Waals surface area contributed by atoms with Gasteiger partial charge in [0.25, 0.3) is 5.69 Å². The number of hydrogen-bond acceptors (Lipinski definition) is 10. The lowest BCUT2D eigenvalue weighted by Gasteiger charge is -2.33. The number of pyridine rings is 2. The van der Waals surface area contributed by atoms with Gasteiger partial charge in [-0.25, -0.2) is 14.0 Å². The van der Waals surface area contributed by atoms with E-state index in [2.05, 4.69) is 25.5 Å². The Balaban J connectivity index is 0.939. The normalized spacial score (nSPS) is 14.8. The van der Waals surface area contributed by atoms with Crippen LogP contribution < -0.4 is 20.1 Å². The topological polar surface area (TPSA) is 152 Å². The molecule has 0 spiro atoms. The van der Waals surface area contributed by atoms with Crippen molar-refractivity contribution in [1.29, 1.82) is 0 Å². The second-order valence-electron chi connectivity index (χ2n) is 11.7. The van der Waals surface area contributed by atoms with E-state index >= 15 is 0 Å². The lowest BCUT2D eigenvalue weighted by molar-refractivity contribution is -0.384. The average Bonchev–Trinajstić information content (AvgIpc) is 3.80. The van der Waals surface area contributed by atoms with E-state index in [-0.39, 0.29) is 29.3 Å². The number of halogens is 1. The van der Waals surface area contributed by atoms with Gasteiger partial charge in [-0.15, -0.1) is 11.3 Å². The number of ether oxygens (including phenoxy) is 2. The number of benzene rings is 2. The quantitative estimate of drug-likeness (QED) is 0.126. The molecule has 2 aromatic carbocycles. The summed E-state index contributed by atoms with van der Waals surface area (Å²) in [7, 11) is 0. The van der Waals surface area contributed by atoms with Gasteiger partial charge in [0.1, 0.15) is 11.5 Å². The van der Waals surface area contributed by atoms with E-state index in [1.807, 2.05) is 24.4 Å². The molecule has 5 aromatic rings. The molecule has 1 aliphatic heterocycles. The van der Waals surface area contributed by atoms with Crippen molar-refractivity contribution in [1.82, 2.24) is 25.1 Å². The molecule has 0 atom stereocenters. The molecule has 49 heavy (non-hydrogen) atoms. The van der Waals surface area contributed by atoms with Crippen LogP contribution in [-0.2, 0) is 6.54 Å². The summed E-state index contributed by atoms with van der Waals surface area (Å²) in [6.45, 7) is 2.93. The van der Waals surface area contributed by atoms with Crippen LogP contribution in [0.4, 0.5) is 25.4 Å². The number of fused-ring (bicyclic) bond motifs is 1. The van der Waals surface area contributed by atoms with Crippen LogP contribution in [0.1, 0.15) is 18.4 Å². The molecule has 2 fully saturated rings. The van der Waals surface area contributed by atoms with E-state index < -0.39 is 16.8 Å². The standard InChI is InChI=1S/C34H30FN7O6S/c35-26-17-23(39-33(43)38-22-2-3-22)4-10-29(26)48-30-11-12-36-28-18-31(49-32(28)30)27-9-1-21(19-37-27)20-40-13-15-41(16-14-40)34(44)47-25-7-5-24(6-8-25)42(45)46/h1,4-12,17-19,22H,2-3,13-16,20H2,(H2,38,39,43). The monoisotopic (exact) mass is 683 g/mol. The molecule has 250 valence electrons. The SMILES string of the molecule is O=C(Nc1ccc(Oc2ccnc3cc(-c4ccc(CN5CCN(C(=O)Oc6ccc([N+](=O)[O-])cc6)CC5)cn4)sc23)c(F)c1)NC1CC1. The second kappa shape index (κ2) is 13.8. The van der Waals surface area contributed by atoms with Crippen molar-refractivity contribution in [3.05, 3.63) is 101 Å². The maximum Gasteiger partial charge on any atom is 0.415 e. The third kappa shape index (κ3) is 7.74. The highest BCUT2D eigenvalue weighted by atomic mass is 32.1. The van der Waals surface area contributed by atoms with Gasteiger partial charge in [-0.05, 0) is 54.8 Å². The molecule has 0 radical (unpaired) electrons. The van der Waals surface area contributed by atoms with Gasteiger partial charge >= 0.3 is 12.1 Å². The van der Waals surface area contributed by atoms with Crippen LogP contribution in [0.2, 0.25) is 0 Å². The summed E-state index contributed by atoms with van der Waals surface area (Å²) in [6, 6.07) is 17.1. The third-order valence-electron chi connectivity index (χ3n) is 8.06. The summed E-state index contributed by atoms with van der Waals surface area (Å²) in [6.07, 6.45) is 4.86. The summed E-state index contributed by atoms with van der Waals surface area (Å²) < 4.78 is 27.0. The van der Waals surface area contributed by atoms with Gasteiger partial charge in [0.15, 0.2) is 11.6 Å². The highest BCUT2D eigenvalue weighted by molar-refractivity contribution is 7.22. The number of nitro groups is 1. The molecule has 1 aliphatic carbocycles. The van der Waals surface area contributed by atoms with Crippen LogP contribution in [-0.4, -0.2) is 69.0 Å². The van der Waals surface area contributed by atoms with E-state index in [9.17, 15) is 24.1 Å². The van der Waals surface area contributed by atoms with Crippen molar-refractivity contribution in [2.24, 2.45) is 0 Å². The molecule has 2 aliphatic rings. The minimum absolute atomic E-state index is 0.0281. The molecular weight excluding hydrogens is 653 g/mol. The number of carbonyl (C=O) groups is 2. The predicted octanol–water partition coefficient (Wildman–Crippen LogP) is 6.80. The van der Waals surface area contributed by atoms with Crippen molar-refractivity contribution in [3.8, 4) is 27.8 Å². The van der Waals surface area contributed by atoms with Crippen LogP contribution in [0.25, 0.3) is 20.8 Å². The van der Waals surface area contributed by atoms with Gasteiger partial charge in [0.2, 0.25) is 0 Å². The number of hydrogen-bond donors (Lipinski definition) is 2. The van der Waals surface area contributed by atoms with Crippen LogP contribution in [0.3, 0.4) is 0 Å². The molecule has 0 bridgehead atoms. The number of thiophene rings is 1. The lowest BCUT2D eigenvalue weighted by atomic mass is 10.2. The minimum atomic E-state index is -0.605. The number of rotatable bonds is 9. The first-order chi connectivity index (χ1) is 23.8. The Morgan fingerprint density at radius 3 is 2.47 bits per heavy atom. The van der Waals surface area contributed by atoms with Crippen LogP contribution >= 0.6 is 11.3 Å². The van der Waals surface area contributed by atoms with Crippen molar-refractivity contribution in [2.45, 2.75) is 25.4 Å². The van der Waals surface area contributed by atoms with Gasteiger partial charge in [-0.1, -0.05) is 6.07 Å². The smallest absolute Gasteiger partial charge is 0.415 e. The number of carbonyl (C=O) groups excluding carboxylic acids is 2. The Bertz CT molecular complexity index is 2010. The Morgan fingerprint density at radius 2 is 1.78 bits per heavy atom. The first kappa shape index (κ1) is 31.9. The molecule has 0 unspecified atom stereocenters. The lowest BCUT2D eigenvalue weighted by Crippen LogP contribution is -2.49. The third-order valence-corrected chi connectivity index (χ3v) is 9.23. The predicted molar refractivity (Wildman–Crippen MR) is 180 cm³/mol. The largest absolute Gasteiger partial charge is 0.453 e. The van der Waals surface area contributed by atoms with Gasteiger partial charge in [-0.3, -0.25) is 25.0 Å². The fraction of sp³-hybridized carbons (Fsp3) is 0.235. The number of amides is 3. The van der Waals surface area contributed by atoms with E-state index in [1.165, 1.54) is 47.7 Å². The van der Waals surface area contributed by atoms with Crippen molar-refractivity contribution >= 4 is 45.1 Å². The molecule has 7 rings (SSSR count). The zero-order valence-electron chi connectivity index (χ0n) is 26.0. The van der Waals surface area contributed by atoms with Crippen LogP contribution in [0, 0.1) is 15.9 Å². The van der Waals surface area contributed by atoms with E-state index in [0.717, 1.165) is 33.7 Å². The van der Waals surface area contributed by atoms with Crippen LogP contribution in [0.15, 0.2) is 79.1 Å². The fourth-order valence-electron chi connectivity index (χ4n) is 5.29. The maximum absolute atomic E-state index is 14.9. The zero-order chi connectivity index (χ0) is 33.9. The first-order valence-corrected chi connectivity index (χ1v) is 16.4. The number of aromatic nitrogens is 2. The fourth-order valence-corrected chi connectivity index (χ4v) is 6.34. The number of nitrogens with one attached hydrogen (secondary N) is 2. The number of urea groups is 1. The summed E-state index contributed by atoms with van der Waals surface area (Å²) in [4.78, 5) is 48.8. The Labute approximate surface area is 283 Å². The van der Waals surface area contributed by atoms with Gasteiger partial charge in [-0.2, -0.15) is 0 Å². The van der Waals surface area contributed by atoms with E-state index in [4.69, 9.17) is 9.47 Å². The first-order valence-electron chi connectivity index (χ1n) is 15.6. The highest BCUT2D eigenvalue weighted by Gasteiger charge is 2.24. The average molecular weight is 684 g/mol. The molecule has 3 aromatic heterocycles. The molecule has 1 saturated heterocycles. The second-order valence-corrected chi connectivity index (χ2v) is 12.7. The number of piperazine rings is 1. The van der Waals surface area contributed by atoms with Gasteiger partial charge in [0.05, 0.1) is 25.7 Å². The number of anilines is 1. The number of nitrogens with zero attached hydrogens (tertiary/aromatic N) is 5. The summed E-state index contributed by atoms with van der Waals surface area (Å²) in [5, 5.41) is 16.3. The van der Waals surface area contributed by atoms with Crippen molar-refractivity contribution in [3.63, 3.8) is 0 Å². The molecule has 4 heterocycles. The summed E-state index contributed by atoms with van der Waals surface area (Å²) >= 11 is 1.44. The van der Waals surface area contributed by atoms with Crippen LogP contribution in [0.5, 0.6) is 17.2 Å². The highest BCUT2D eigenvalue weighted by Crippen LogP contribution is 2.39. The molecule has 3 amide bonds. The van der Waals surface area contributed by atoms with Gasteiger partial charge < -0.3 is 25.0 Å². The molecule has 13 nitrogen and oxygen atoms in total. The zero-order valence-corrected chi connectivity index (χ0v) is 26.8. The minimum Gasteiger partial charge on any atom is -0.453 e. The molecular formula is C34H30FN7O6S. The van der Waals surface area contributed by atoms with E-state index in [1.54, 1.807) is 23.2 Å². The number of non-ortho nitro benzene ring substituents is 1.